The van der Waals surface area contributed by atoms with Crippen LogP contribution in [0.25, 0.3) is 10.9 Å². The lowest BCUT2D eigenvalue weighted by molar-refractivity contribution is -0.150. The SMILES string of the molecule is CC(C)[C@H](NC(=O)[C@@H](N)Cc1ccc(O)cc1)C(=O)NCC(=O)N[C@@H](Cc1c[nH]c2ccccc12)C(=O)N[C@@H](CCC(=O)O)C(=O)N1CCC[C@H]1C(=O)O. The predicted octanol–water partition coefficient (Wildman–Crippen LogP) is 0.153. The van der Waals surface area contributed by atoms with E-state index in [1.54, 1.807) is 38.2 Å². The van der Waals surface area contributed by atoms with Crippen LogP contribution in [0.2, 0.25) is 0 Å². The molecule has 0 unspecified atom stereocenters. The number of nitrogens with one attached hydrogen (secondary N) is 5. The Kier molecular flexibility index (Phi) is 14.1. The number of rotatable bonds is 18. The van der Waals surface area contributed by atoms with Crippen molar-refractivity contribution in [2.45, 2.75) is 82.6 Å². The monoisotopic (exact) mass is 749 g/mol. The van der Waals surface area contributed by atoms with Crippen molar-refractivity contribution in [3.8, 4) is 5.75 Å². The van der Waals surface area contributed by atoms with Crippen LogP contribution >= 0.6 is 0 Å². The normalized spacial score (nSPS) is 16.2. The van der Waals surface area contributed by atoms with Gasteiger partial charge in [-0.15, -0.1) is 0 Å². The Labute approximate surface area is 311 Å². The fourth-order valence-electron chi connectivity index (χ4n) is 6.31. The standard InChI is InChI=1S/C37H47N7O10/c1-20(2)32(43-33(49)25(38)16-21-9-11-23(45)12-10-21)35(51)40-19-30(46)41-28(17-22-18-39-26-7-4-3-6-24(22)26)34(50)42-27(13-14-31(47)48)36(52)44-15-5-8-29(44)37(53)54/h3-4,6-7,9-12,18,20,25,27-29,32,39,45H,5,8,13-17,19,38H2,1-2H3,(H,40,51)(H,41,46)(H,42,50)(H,43,49)(H,47,48)(H,53,54)/t25-,27-,28-,29-,32-/m0/s1. The number of nitrogens with zero attached hydrogens (tertiary/aromatic N) is 1. The Morgan fingerprint density at radius 3 is 2.26 bits per heavy atom. The van der Waals surface area contributed by atoms with E-state index in [9.17, 15) is 48.9 Å². The van der Waals surface area contributed by atoms with Gasteiger partial charge in [-0.3, -0.25) is 28.8 Å². The number of hydrogen-bond donors (Lipinski definition) is 9. The average Bonchev–Trinajstić information content (AvgIpc) is 3.79. The third-order valence-electron chi connectivity index (χ3n) is 9.23. The first-order valence-electron chi connectivity index (χ1n) is 17.7. The fourth-order valence-corrected chi connectivity index (χ4v) is 6.31. The highest BCUT2D eigenvalue weighted by atomic mass is 16.4. The number of para-hydroxylation sites is 1. The van der Waals surface area contributed by atoms with Gasteiger partial charge >= 0.3 is 11.9 Å². The summed E-state index contributed by atoms with van der Waals surface area (Å²) in [6.45, 7) is 2.91. The number of phenolic OH excluding ortho intramolecular Hbond substituents is 1. The molecule has 2 aromatic carbocycles. The molecular formula is C37H47N7O10. The molecule has 10 N–H and O–H groups in total. The molecule has 5 amide bonds. The zero-order chi connectivity index (χ0) is 39.5. The summed E-state index contributed by atoms with van der Waals surface area (Å²) in [5.41, 5.74) is 8.18. The molecule has 2 heterocycles. The number of fused-ring (bicyclic) bond motifs is 1. The molecule has 54 heavy (non-hydrogen) atoms. The van der Waals surface area contributed by atoms with Gasteiger partial charge < -0.3 is 52.2 Å². The number of amides is 5. The summed E-state index contributed by atoms with van der Waals surface area (Å²) in [7, 11) is 0. The molecule has 17 heteroatoms. The van der Waals surface area contributed by atoms with Crippen molar-refractivity contribution >= 4 is 52.4 Å². The van der Waals surface area contributed by atoms with Crippen LogP contribution in [0.5, 0.6) is 5.75 Å². The summed E-state index contributed by atoms with van der Waals surface area (Å²) in [6.07, 6.45) is 1.54. The van der Waals surface area contributed by atoms with Crippen LogP contribution in [0.4, 0.5) is 0 Å². The third kappa shape index (κ3) is 11.0. The van der Waals surface area contributed by atoms with Gasteiger partial charge in [0.1, 0.15) is 29.9 Å². The van der Waals surface area contributed by atoms with Crippen molar-refractivity contribution in [3.05, 3.63) is 65.9 Å². The summed E-state index contributed by atoms with van der Waals surface area (Å²) in [4.78, 5) is 94.3. The molecule has 4 rings (SSSR count). The number of aromatic hydroxyl groups is 1. The summed E-state index contributed by atoms with van der Waals surface area (Å²) < 4.78 is 0. The Hall–Kier alpha value is -5.97. The molecule has 0 spiro atoms. The maximum absolute atomic E-state index is 13.9. The molecule has 17 nitrogen and oxygen atoms in total. The summed E-state index contributed by atoms with van der Waals surface area (Å²) >= 11 is 0. The number of benzene rings is 2. The number of aromatic nitrogens is 1. The summed E-state index contributed by atoms with van der Waals surface area (Å²) in [5.74, 6) is -6.43. The zero-order valence-electron chi connectivity index (χ0n) is 30.0. The van der Waals surface area contributed by atoms with E-state index in [0.29, 0.717) is 17.5 Å². The Morgan fingerprint density at radius 1 is 0.889 bits per heavy atom. The van der Waals surface area contributed by atoms with E-state index < -0.39 is 90.6 Å². The number of carbonyl (C=O) groups excluding carboxylic acids is 5. The maximum atomic E-state index is 13.9. The molecule has 290 valence electrons. The minimum Gasteiger partial charge on any atom is -0.508 e. The highest BCUT2D eigenvalue weighted by molar-refractivity contribution is 5.96. The number of likely N-dealkylation sites (tertiary alicyclic amines) is 1. The van der Waals surface area contributed by atoms with Crippen LogP contribution < -0.4 is 27.0 Å². The van der Waals surface area contributed by atoms with E-state index in [-0.39, 0.29) is 38.0 Å². The number of carbonyl (C=O) groups is 7. The first-order valence-corrected chi connectivity index (χ1v) is 17.7. The first kappa shape index (κ1) is 40.8. The van der Waals surface area contributed by atoms with E-state index in [2.05, 4.69) is 26.3 Å². The summed E-state index contributed by atoms with van der Waals surface area (Å²) in [6, 6.07) is 7.50. The quantitative estimate of drug-likeness (QED) is 0.0845. The lowest BCUT2D eigenvalue weighted by atomic mass is 10.0. The van der Waals surface area contributed by atoms with Gasteiger partial charge in [0.2, 0.25) is 29.5 Å². The number of carboxylic acids is 2. The maximum Gasteiger partial charge on any atom is 0.326 e. The smallest absolute Gasteiger partial charge is 0.326 e. The topological polar surface area (TPSA) is 273 Å². The third-order valence-corrected chi connectivity index (χ3v) is 9.23. The number of aromatic amines is 1. The highest BCUT2D eigenvalue weighted by Gasteiger charge is 2.38. The van der Waals surface area contributed by atoms with Crippen LogP contribution in [0.1, 0.15) is 50.7 Å². The average molecular weight is 750 g/mol. The van der Waals surface area contributed by atoms with Gasteiger partial charge in [0.05, 0.1) is 12.6 Å². The minimum atomic E-state index is -1.40. The Balaban J connectivity index is 1.46. The van der Waals surface area contributed by atoms with Crippen LogP contribution in [-0.4, -0.2) is 110 Å². The lowest BCUT2D eigenvalue weighted by Gasteiger charge is -2.28. The van der Waals surface area contributed by atoms with Crippen molar-refractivity contribution < 1.29 is 48.9 Å². The number of H-pyrrole nitrogens is 1. The number of aliphatic carboxylic acids is 2. The molecule has 5 atom stereocenters. The van der Waals surface area contributed by atoms with Crippen LogP contribution in [-0.2, 0) is 46.4 Å². The fraction of sp³-hybridized carbons (Fsp3) is 0.432. The van der Waals surface area contributed by atoms with Crippen molar-refractivity contribution in [1.82, 2.24) is 31.2 Å². The molecule has 0 bridgehead atoms. The van der Waals surface area contributed by atoms with E-state index in [4.69, 9.17) is 5.73 Å². The van der Waals surface area contributed by atoms with E-state index in [1.165, 1.54) is 12.1 Å². The van der Waals surface area contributed by atoms with Gasteiger partial charge in [0, 0.05) is 36.5 Å². The molecule has 0 radical (unpaired) electrons. The van der Waals surface area contributed by atoms with Crippen molar-refractivity contribution in [1.29, 1.82) is 0 Å². The lowest BCUT2D eigenvalue weighted by Crippen LogP contribution is -2.58. The second kappa shape index (κ2) is 18.7. The minimum absolute atomic E-state index is 0.0606. The molecule has 1 aromatic heterocycles. The number of phenols is 1. The second-order valence-corrected chi connectivity index (χ2v) is 13.6. The molecule has 0 aliphatic carbocycles. The van der Waals surface area contributed by atoms with Gasteiger partial charge in [-0.25, -0.2) is 4.79 Å². The summed E-state index contributed by atoms with van der Waals surface area (Å²) in [5, 5.41) is 39.5. The molecule has 1 fully saturated rings. The van der Waals surface area contributed by atoms with Crippen molar-refractivity contribution in [2.75, 3.05) is 13.1 Å². The molecule has 1 aliphatic heterocycles. The largest absolute Gasteiger partial charge is 0.508 e. The van der Waals surface area contributed by atoms with Gasteiger partial charge in [0.25, 0.3) is 0 Å². The highest BCUT2D eigenvalue weighted by Crippen LogP contribution is 2.21. The van der Waals surface area contributed by atoms with E-state index in [0.717, 1.165) is 15.8 Å². The first-order chi connectivity index (χ1) is 25.6. The number of nitrogens with two attached hydrogens (primary N) is 1. The number of carboxylic acid groups (broad SMARTS) is 2. The Bertz CT molecular complexity index is 1840. The van der Waals surface area contributed by atoms with Gasteiger partial charge in [-0.1, -0.05) is 44.2 Å². The van der Waals surface area contributed by atoms with Crippen LogP contribution in [0.3, 0.4) is 0 Å². The van der Waals surface area contributed by atoms with Crippen LogP contribution in [0.15, 0.2) is 54.7 Å². The van der Waals surface area contributed by atoms with E-state index in [1.807, 2.05) is 18.2 Å². The number of hydrogen-bond acceptors (Lipinski definition) is 9. The van der Waals surface area contributed by atoms with E-state index >= 15 is 0 Å². The van der Waals surface area contributed by atoms with Gasteiger partial charge in [0.15, 0.2) is 0 Å². The molecule has 3 aromatic rings. The zero-order valence-corrected chi connectivity index (χ0v) is 30.0. The molecule has 1 saturated heterocycles. The second-order valence-electron chi connectivity index (χ2n) is 13.6. The molecule has 1 aliphatic rings. The molecule has 0 saturated carbocycles. The van der Waals surface area contributed by atoms with Crippen molar-refractivity contribution in [3.63, 3.8) is 0 Å². The van der Waals surface area contributed by atoms with Gasteiger partial charge in [-0.05, 0) is 60.9 Å². The van der Waals surface area contributed by atoms with Crippen molar-refractivity contribution in [2.24, 2.45) is 11.7 Å². The molecular weight excluding hydrogens is 702 g/mol. The van der Waals surface area contributed by atoms with Crippen LogP contribution in [0, 0.1) is 5.92 Å². The Morgan fingerprint density at radius 2 is 1.59 bits per heavy atom. The predicted molar refractivity (Wildman–Crippen MR) is 195 cm³/mol. The van der Waals surface area contributed by atoms with Gasteiger partial charge in [-0.2, -0.15) is 0 Å².